The van der Waals surface area contributed by atoms with Crippen molar-refractivity contribution in [2.75, 3.05) is 13.2 Å². The van der Waals surface area contributed by atoms with Crippen molar-refractivity contribution in [3.05, 3.63) is 9.81 Å². The molecule has 0 saturated heterocycles. The lowest BCUT2D eigenvalue weighted by atomic mass is 9.98. The fourth-order valence-corrected chi connectivity index (χ4v) is 1.05. The van der Waals surface area contributed by atoms with Gasteiger partial charge in [0.2, 0.25) is 0 Å². The first-order valence-electron chi connectivity index (χ1n) is 4.44. The SMILES string of the molecule is O=NCC(N=O)C(O)C(O)C(O)C(O)CO. The minimum absolute atomic E-state index is 0.663. The molecule has 0 fully saturated rings. The average Bonchev–Trinajstić information content (AvgIpc) is 2.32. The summed E-state index contributed by atoms with van der Waals surface area (Å²) in [4.78, 5) is 20.1. The van der Waals surface area contributed by atoms with E-state index < -0.39 is 43.6 Å². The van der Waals surface area contributed by atoms with Crippen LogP contribution in [0.15, 0.2) is 10.4 Å². The third-order valence-corrected chi connectivity index (χ3v) is 2.07. The molecule has 5 atom stereocenters. The Morgan fingerprint density at radius 2 is 1.50 bits per heavy atom. The summed E-state index contributed by atoms with van der Waals surface area (Å²) in [6.07, 6.45) is -7.32. The van der Waals surface area contributed by atoms with Gasteiger partial charge in [0.15, 0.2) is 0 Å². The van der Waals surface area contributed by atoms with Crippen LogP contribution in [0.5, 0.6) is 0 Å². The summed E-state index contributed by atoms with van der Waals surface area (Å²) >= 11 is 0. The first-order chi connectivity index (χ1) is 7.49. The lowest BCUT2D eigenvalue weighted by Gasteiger charge is -2.26. The number of hydrogen-bond acceptors (Lipinski definition) is 9. The predicted molar refractivity (Wildman–Crippen MR) is 51.4 cm³/mol. The zero-order valence-electron chi connectivity index (χ0n) is 8.25. The summed E-state index contributed by atoms with van der Waals surface area (Å²) in [7, 11) is 0. The van der Waals surface area contributed by atoms with Gasteiger partial charge in [-0.25, -0.2) is 0 Å². The highest BCUT2D eigenvalue weighted by Crippen LogP contribution is 2.11. The Hall–Kier alpha value is -1.00. The van der Waals surface area contributed by atoms with Crippen molar-refractivity contribution >= 4 is 0 Å². The molecule has 0 aromatic carbocycles. The fourth-order valence-electron chi connectivity index (χ4n) is 1.05. The zero-order chi connectivity index (χ0) is 12.7. The van der Waals surface area contributed by atoms with E-state index in [9.17, 15) is 25.1 Å². The van der Waals surface area contributed by atoms with E-state index in [4.69, 9.17) is 10.2 Å². The highest BCUT2D eigenvalue weighted by molar-refractivity contribution is 4.88. The van der Waals surface area contributed by atoms with E-state index in [-0.39, 0.29) is 0 Å². The van der Waals surface area contributed by atoms with Crippen LogP contribution in [0, 0.1) is 9.81 Å². The third-order valence-electron chi connectivity index (χ3n) is 2.07. The van der Waals surface area contributed by atoms with Gasteiger partial charge in [-0.15, -0.1) is 0 Å². The number of nitroso groups, excluding NO2 is 2. The van der Waals surface area contributed by atoms with Crippen molar-refractivity contribution in [1.29, 1.82) is 0 Å². The van der Waals surface area contributed by atoms with Crippen molar-refractivity contribution in [3.8, 4) is 0 Å². The zero-order valence-corrected chi connectivity index (χ0v) is 8.25. The summed E-state index contributed by atoms with van der Waals surface area (Å²) in [6.45, 7) is -1.50. The van der Waals surface area contributed by atoms with Gasteiger partial charge in [-0.3, -0.25) is 0 Å². The number of rotatable bonds is 8. The molecule has 0 spiro atoms. The molecule has 0 bridgehead atoms. The van der Waals surface area contributed by atoms with Gasteiger partial charge in [0.1, 0.15) is 37.0 Å². The Bertz CT molecular complexity index is 227. The van der Waals surface area contributed by atoms with Gasteiger partial charge in [-0.2, -0.15) is 9.81 Å². The quantitative estimate of drug-likeness (QED) is 0.288. The second-order valence-electron chi connectivity index (χ2n) is 3.21. The van der Waals surface area contributed by atoms with Crippen LogP contribution in [0.25, 0.3) is 0 Å². The van der Waals surface area contributed by atoms with E-state index in [2.05, 4.69) is 10.4 Å². The molecule has 0 aliphatic heterocycles. The van der Waals surface area contributed by atoms with Crippen LogP contribution in [0.3, 0.4) is 0 Å². The molecule has 9 heteroatoms. The van der Waals surface area contributed by atoms with Gasteiger partial charge in [-0.1, -0.05) is 10.4 Å². The Balaban J connectivity index is 4.50. The van der Waals surface area contributed by atoms with E-state index in [0.717, 1.165) is 0 Å². The molecule has 0 aliphatic carbocycles. The molecule has 0 amide bonds. The van der Waals surface area contributed by atoms with Crippen molar-refractivity contribution in [2.45, 2.75) is 30.5 Å². The number of aliphatic hydroxyl groups excluding tert-OH is 5. The summed E-state index contributed by atoms with van der Waals surface area (Å²) in [5, 5.41) is 50.0. The number of nitrogens with zero attached hydrogens (tertiary/aromatic N) is 2. The fraction of sp³-hybridized carbons (Fsp3) is 1.00. The average molecular weight is 238 g/mol. The molecule has 5 N–H and O–H groups in total. The first kappa shape index (κ1) is 15.0. The number of aliphatic hydroxyl groups is 5. The highest BCUT2D eigenvalue weighted by atomic mass is 16.4. The van der Waals surface area contributed by atoms with E-state index >= 15 is 0 Å². The predicted octanol–water partition coefficient (Wildman–Crippen LogP) is -2.68. The van der Waals surface area contributed by atoms with Crippen molar-refractivity contribution < 1.29 is 25.5 Å². The Morgan fingerprint density at radius 1 is 0.938 bits per heavy atom. The topological polar surface area (TPSA) is 160 Å². The Morgan fingerprint density at radius 3 is 1.88 bits per heavy atom. The smallest absolute Gasteiger partial charge is 0.143 e. The molecule has 0 radical (unpaired) electrons. The van der Waals surface area contributed by atoms with Gasteiger partial charge >= 0.3 is 0 Å². The molecule has 0 aromatic rings. The molecular formula is C7H14N2O7. The minimum Gasteiger partial charge on any atom is -0.394 e. The highest BCUT2D eigenvalue weighted by Gasteiger charge is 2.35. The first-order valence-corrected chi connectivity index (χ1v) is 4.44. The van der Waals surface area contributed by atoms with Crippen molar-refractivity contribution in [3.63, 3.8) is 0 Å². The second kappa shape index (κ2) is 7.30. The summed E-state index contributed by atoms with van der Waals surface area (Å²) in [6, 6.07) is -1.52. The molecular weight excluding hydrogens is 224 g/mol. The maximum Gasteiger partial charge on any atom is 0.143 e. The van der Waals surface area contributed by atoms with E-state index in [1.54, 1.807) is 0 Å². The van der Waals surface area contributed by atoms with Crippen LogP contribution in [0.4, 0.5) is 0 Å². The standard InChI is InChI=1S/C7H14N2O7/c10-2-4(11)6(13)7(14)5(12)3(9-16)1-8-15/h3-7,10-14H,1-2H2. The normalized spacial score (nSPS) is 20.6. The lowest BCUT2D eigenvalue weighted by molar-refractivity contribution is -0.118. The number of hydrogen-bond donors (Lipinski definition) is 5. The van der Waals surface area contributed by atoms with Crippen LogP contribution in [0.2, 0.25) is 0 Å². The van der Waals surface area contributed by atoms with Gasteiger partial charge < -0.3 is 25.5 Å². The summed E-state index contributed by atoms with van der Waals surface area (Å²) in [5.41, 5.74) is 0. The molecule has 0 rings (SSSR count). The van der Waals surface area contributed by atoms with Crippen LogP contribution in [-0.4, -0.2) is 69.1 Å². The van der Waals surface area contributed by atoms with Crippen LogP contribution < -0.4 is 0 Å². The van der Waals surface area contributed by atoms with Gasteiger partial charge in [0, 0.05) is 0 Å². The lowest BCUT2D eigenvalue weighted by Crippen LogP contribution is -2.50. The molecule has 0 saturated carbocycles. The van der Waals surface area contributed by atoms with E-state index in [1.165, 1.54) is 0 Å². The second-order valence-corrected chi connectivity index (χ2v) is 3.21. The largest absolute Gasteiger partial charge is 0.394 e. The van der Waals surface area contributed by atoms with Gasteiger partial charge in [-0.05, 0) is 0 Å². The molecule has 0 aromatic heterocycles. The molecule has 0 heterocycles. The van der Waals surface area contributed by atoms with Gasteiger partial charge in [0.05, 0.1) is 6.61 Å². The minimum atomic E-state index is -1.92. The van der Waals surface area contributed by atoms with Crippen LogP contribution in [-0.2, 0) is 0 Å². The Kier molecular flexibility index (Phi) is 6.85. The Labute approximate surface area is 90.3 Å². The molecule has 94 valence electrons. The molecule has 9 nitrogen and oxygen atoms in total. The summed E-state index contributed by atoms with van der Waals surface area (Å²) in [5.74, 6) is 0. The molecule has 0 aliphatic rings. The van der Waals surface area contributed by atoms with Crippen molar-refractivity contribution in [1.82, 2.24) is 0 Å². The molecule has 5 unspecified atom stereocenters. The molecule has 16 heavy (non-hydrogen) atoms. The maximum absolute atomic E-state index is 10.2. The van der Waals surface area contributed by atoms with E-state index in [1.807, 2.05) is 0 Å². The van der Waals surface area contributed by atoms with Crippen LogP contribution in [0.1, 0.15) is 0 Å². The third kappa shape index (κ3) is 3.87. The van der Waals surface area contributed by atoms with E-state index in [0.29, 0.717) is 0 Å². The van der Waals surface area contributed by atoms with Crippen LogP contribution >= 0.6 is 0 Å². The van der Waals surface area contributed by atoms with Crippen molar-refractivity contribution in [2.24, 2.45) is 10.4 Å². The maximum atomic E-state index is 10.2. The summed E-state index contributed by atoms with van der Waals surface area (Å²) < 4.78 is 0. The van der Waals surface area contributed by atoms with Gasteiger partial charge in [0.25, 0.3) is 0 Å². The monoisotopic (exact) mass is 238 g/mol.